The highest BCUT2D eigenvalue weighted by atomic mass is 16.5. The van der Waals surface area contributed by atoms with Crippen LogP contribution in [-0.4, -0.2) is 24.0 Å². The molecule has 0 saturated heterocycles. The molecule has 0 radical (unpaired) electrons. The molecule has 0 atom stereocenters. The van der Waals surface area contributed by atoms with Crippen molar-refractivity contribution < 1.29 is 4.74 Å². The second-order valence-corrected chi connectivity index (χ2v) is 4.68. The number of rotatable bonds is 6. The predicted octanol–water partition coefficient (Wildman–Crippen LogP) is 2.01. The Hall–Kier alpha value is -2.11. The normalized spacial score (nSPS) is 10.6. The summed E-state index contributed by atoms with van der Waals surface area (Å²) in [5, 5.41) is 0. The standard InChI is InChI=1S/C15H20N4O/c1-19(10-12-5-3-7-14(9-12)20-2)11-13-6-4-8-15(17-13)18-16/h3-9H,10-11,16H2,1-2H3,(H,17,18). The number of nitrogen functional groups attached to an aromatic ring is 1. The number of hydrogen-bond acceptors (Lipinski definition) is 5. The molecule has 20 heavy (non-hydrogen) atoms. The summed E-state index contributed by atoms with van der Waals surface area (Å²) in [5.74, 6) is 6.92. The predicted molar refractivity (Wildman–Crippen MR) is 80.2 cm³/mol. The molecule has 0 amide bonds. The molecule has 1 aromatic heterocycles. The lowest BCUT2D eigenvalue weighted by molar-refractivity contribution is 0.314. The average molecular weight is 272 g/mol. The Kier molecular flexibility index (Phi) is 4.92. The largest absolute Gasteiger partial charge is 0.497 e. The number of anilines is 1. The summed E-state index contributed by atoms with van der Waals surface area (Å²) in [6.45, 7) is 1.59. The number of ether oxygens (including phenoxy) is 1. The van der Waals surface area contributed by atoms with Crippen molar-refractivity contribution in [1.29, 1.82) is 0 Å². The number of benzene rings is 1. The van der Waals surface area contributed by atoms with Gasteiger partial charge < -0.3 is 10.2 Å². The van der Waals surface area contributed by atoms with Crippen molar-refractivity contribution in [3.63, 3.8) is 0 Å². The molecule has 0 unspecified atom stereocenters. The average Bonchev–Trinajstić information content (AvgIpc) is 2.47. The van der Waals surface area contributed by atoms with Crippen LogP contribution in [-0.2, 0) is 13.1 Å². The molecule has 0 spiro atoms. The lowest BCUT2D eigenvalue weighted by Gasteiger charge is -2.17. The number of aromatic nitrogens is 1. The second kappa shape index (κ2) is 6.88. The molecule has 0 aliphatic carbocycles. The third-order valence-electron chi connectivity index (χ3n) is 2.97. The highest BCUT2D eigenvalue weighted by Crippen LogP contribution is 2.15. The molecule has 5 heteroatoms. The number of nitrogens with one attached hydrogen (secondary N) is 1. The van der Waals surface area contributed by atoms with E-state index in [1.165, 1.54) is 5.56 Å². The van der Waals surface area contributed by atoms with Crippen molar-refractivity contribution in [3.8, 4) is 5.75 Å². The van der Waals surface area contributed by atoms with E-state index in [2.05, 4.69) is 28.4 Å². The molecular formula is C15H20N4O. The van der Waals surface area contributed by atoms with Crippen LogP contribution in [0.4, 0.5) is 5.82 Å². The first kappa shape index (κ1) is 14.3. The Balaban J connectivity index is 1.99. The van der Waals surface area contributed by atoms with Gasteiger partial charge in [0.15, 0.2) is 0 Å². The highest BCUT2D eigenvalue weighted by Gasteiger charge is 2.04. The van der Waals surface area contributed by atoms with Crippen LogP contribution < -0.4 is 16.0 Å². The summed E-state index contributed by atoms with van der Waals surface area (Å²) < 4.78 is 5.23. The maximum Gasteiger partial charge on any atom is 0.140 e. The van der Waals surface area contributed by atoms with E-state index in [0.717, 1.165) is 24.5 Å². The number of hydrazine groups is 1. The SMILES string of the molecule is COc1cccc(CN(C)Cc2cccc(NN)n2)c1. The maximum atomic E-state index is 5.37. The van der Waals surface area contributed by atoms with Crippen molar-refractivity contribution in [1.82, 2.24) is 9.88 Å². The van der Waals surface area contributed by atoms with Gasteiger partial charge in [-0.05, 0) is 36.9 Å². The Morgan fingerprint density at radius 3 is 2.75 bits per heavy atom. The fourth-order valence-corrected chi connectivity index (χ4v) is 2.06. The van der Waals surface area contributed by atoms with E-state index in [0.29, 0.717) is 5.82 Å². The Morgan fingerprint density at radius 2 is 2.00 bits per heavy atom. The van der Waals surface area contributed by atoms with Crippen LogP contribution in [0.15, 0.2) is 42.5 Å². The van der Waals surface area contributed by atoms with Gasteiger partial charge in [0.25, 0.3) is 0 Å². The summed E-state index contributed by atoms with van der Waals surface area (Å²) in [4.78, 5) is 6.60. The second-order valence-electron chi connectivity index (χ2n) is 4.68. The highest BCUT2D eigenvalue weighted by molar-refractivity contribution is 5.33. The first-order valence-electron chi connectivity index (χ1n) is 6.45. The number of pyridine rings is 1. The molecule has 106 valence electrons. The van der Waals surface area contributed by atoms with E-state index in [-0.39, 0.29) is 0 Å². The molecule has 0 aliphatic heterocycles. The van der Waals surface area contributed by atoms with Gasteiger partial charge in [-0.2, -0.15) is 0 Å². The van der Waals surface area contributed by atoms with Crippen molar-refractivity contribution >= 4 is 5.82 Å². The van der Waals surface area contributed by atoms with Gasteiger partial charge in [-0.1, -0.05) is 18.2 Å². The zero-order valence-electron chi connectivity index (χ0n) is 11.8. The Morgan fingerprint density at radius 1 is 1.20 bits per heavy atom. The number of hydrogen-bond donors (Lipinski definition) is 2. The summed E-state index contributed by atoms with van der Waals surface area (Å²) in [6, 6.07) is 13.8. The fraction of sp³-hybridized carbons (Fsp3) is 0.267. The third kappa shape index (κ3) is 3.94. The van der Waals surface area contributed by atoms with Gasteiger partial charge in [0, 0.05) is 13.1 Å². The molecule has 0 fully saturated rings. The first-order chi connectivity index (χ1) is 9.71. The van der Waals surface area contributed by atoms with E-state index in [4.69, 9.17) is 10.6 Å². The van der Waals surface area contributed by atoms with Crippen molar-refractivity contribution in [3.05, 3.63) is 53.7 Å². The van der Waals surface area contributed by atoms with Crippen LogP contribution in [0.1, 0.15) is 11.3 Å². The molecule has 2 rings (SSSR count). The molecule has 0 saturated carbocycles. The zero-order valence-corrected chi connectivity index (χ0v) is 11.8. The van der Waals surface area contributed by atoms with Crippen LogP contribution >= 0.6 is 0 Å². The van der Waals surface area contributed by atoms with Gasteiger partial charge in [-0.3, -0.25) is 4.90 Å². The van der Waals surface area contributed by atoms with Gasteiger partial charge in [0.2, 0.25) is 0 Å². The maximum absolute atomic E-state index is 5.37. The molecule has 5 nitrogen and oxygen atoms in total. The molecule has 1 aromatic carbocycles. The number of methoxy groups -OCH3 is 1. The lowest BCUT2D eigenvalue weighted by Crippen LogP contribution is -2.18. The third-order valence-corrected chi connectivity index (χ3v) is 2.97. The minimum Gasteiger partial charge on any atom is -0.497 e. The molecule has 0 bridgehead atoms. The van der Waals surface area contributed by atoms with Crippen molar-refractivity contribution in [2.24, 2.45) is 5.84 Å². The van der Waals surface area contributed by atoms with Crippen LogP contribution in [0.3, 0.4) is 0 Å². The van der Waals surface area contributed by atoms with E-state index >= 15 is 0 Å². The molecule has 0 aliphatic rings. The minimum atomic E-state index is 0.678. The fourth-order valence-electron chi connectivity index (χ4n) is 2.06. The van der Waals surface area contributed by atoms with Crippen LogP contribution in [0.25, 0.3) is 0 Å². The summed E-state index contributed by atoms with van der Waals surface area (Å²) in [6.07, 6.45) is 0. The van der Waals surface area contributed by atoms with Gasteiger partial charge in [-0.25, -0.2) is 10.8 Å². The van der Waals surface area contributed by atoms with Crippen LogP contribution in [0.2, 0.25) is 0 Å². The molecule has 3 N–H and O–H groups in total. The van der Waals surface area contributed by atoms with E-state index in [9.17, 15) is 0 Å². The molecule has 1 heterocycles. The van der Waals surface area contributed by atoms with Gasteiger partial charge in [0.1, 0.15) is 11.6 Å². The zero-order chi connectivity index (χ0) is 14.4. The van der Waals surface area contributed by atoms with Crippen molar-refractivity contribution in [2.45, 2.75) is 13.1 Å². The summed E-state index contributed by atoms with van der Waals surface area (Å²) in [7, 11) is 3.74. The van der Waals surface area contributed by atoms with E-state index < -0.39 is 0 Å². The van der Waals surface area contributed by atoms with E-state index in [1.807, 2.05) is 36.4 Å². The quantitative estimate of drug-likeness (QED) is 0.622. The number of nitrogens with zero attached hydrogens (tertiary/aromatic N) is 2. The van der Waals surface area contributed by atoms with Crippen molar-refractivity contribution in [2.75, 3.05) is 19.6 Å². The lowest BCUT2D eigenvalue weighted by atomic mass is 10.2. The first-order valence-corrected chi connectivity index (χ1v) is 6.45. The Labute approximate surface area is 119 Å². The van der Waals surface area contributed by atoms with Gasteiger partial charge in [-0.15, -0.1) is 0 Å². The number of nitrogens with two attached hydrogens (primary N) is 1. The smallest absolute Gasteiger partial charge is 0.140 e. The molecular weight excluding hydrogens is 252 g/mol. The monoisotopic (exact) mass is 272 g/mol. The van der Waals surface area contributed by atoms with Gasteiger partial charge >= 0.3 is 0 Å². The van der Waals surface area contributed by atoms with Gasteiger partial charge in [0.05, 0.1) is 12.8 Å². The minimum absolute atomic E-state index is 0.678. The summed E-state index contributed by atoms with van der Waals surface area (Å²) in [5.41, 5.74) is 4.75. The van der Waals surface area contributed by atoms with Crippen LogP contribution in [0, 0.1) is 0 Å². The summed E-state index contributed by atoms with van der Waals surface area (Å²) >= 11 is 0. The molecule has 2 aromatic rings. The van der Waals surface area contributed by atoms with Crippen LogP contribution in [0.5, 0.6) is 5.75 Å². The van der Waals surface area contributed by atoms with E-state index in [1.54, 1.807) is 7.11 Å². The topological polar surface area (TPSA) is 63.4 Å². The Bertz CT molecular complexity index is 510.